The SMILES string of the molecule is CC1=C(C(=O)OCc2ccccc2)C(c2coc3ccccc3c2=O)C2=C(CCCC2=O)N1. The van der Waals surface area contributed by atoms with Gasteiger partial charge in [-0.3, -0.25) is 9.59 Å². The second kappa shape index (κ2) is 8.54. The van der Waals surface area contributed by atoms with Gasteiger partial charge in [-0.15, -0.1) is 0 Å². The summed E-state index contributed by atoms with van der Waals surface area (Å²) in [5.74, 6) is -1.47. The Kier molecular flexibility index (Phi) is 5.42. The Morgan fingerprint density at radius 3 is 2.64 bits per heavy atom. The molecule has 0 fully saturated rings. The monoisotopic (exact) mass is 441 g/mol. The molecule has 5 rings (SSSR count). The standard InChI is InChI=1S/C27H23NO5/c1-16-23(27(31)33-14-17-8-3-2-4-9-17)24(25-20(28-16)11-7-12-21(25)29)19-15-32-22-13-6-5-10-18(22)26(19)30/h2-6,8-10,13,15,24,28H,7,11-12,14H2,1H3. The van der Waals surface area contributed by atoms with Gasteiger partial charge in [0.05, 0.1) is 23.1 Å². The van der Waals surface area contributed by atoms with E-state index in [1.165, 1.54) is 6.26 Å². The van der Waals surface area contributed by atoms with Crippen molar-refractivity contribution < 1.29 is 18.7 Å². The van der Waals surface area contributed by atoms with Crippen LogP contribution in [0.4, 0.5) is 0 Å². The highest BCUT2D eigenvalue weighted by Crippen LogP contribution is 2.42. The number of dihydropyridines is 1. The summed E-state index contributed by atoms with van der Waals surface area (Å²) in [6, 6.07) is 16.3. The third kappa shape index (κ3) is 3.78. The summed E-state index contributed by atoms with van der Waals surface area (Å²) in [7, 11) is 0. The molecule has 1 aromatic heterocycles. The van der Waals surface area contributed by atoms with Gasteiger partial charge >= 0.3 is 5.97 Å². The number of hydrogen-bond donors (Lipinski definition) is 1. The molecule has 0 bridgehead atoms. The topological polar surface area (TPSA) is 85.6 Å². The lowest BCUT2D eigenvalue weighted by Crippen LogP contribution is -2.36. The third-order valence-electron chi connectivity index (χ3n) is 6.23. The van der Waals surface area contributed by atoms with E-state index in [4.69, 9.17) is 9.15 Å². The van der Waals surface area contributed by atoms with Gasteiger partial charge in [0.2, 0.25) is 0 Å². The van der Waals surface area contributed by atoms with Crippen LogP contribution in [0.5, 0.6) is 0 Å². The zero-order valence-corrected chi connectivity index (χ0v) is 18.2. The molecule has 166 valence electrons. The Balaban J connectivity index is 1.61. The summed E-state index contributed by atoms with van der Waals surface area (Å²) in [5, 5.41) is 3.65. The van der Waals surface area contributed by atoms with Crippen LogP contribution in [-0.2, 0) is 20.9 Å². The average molecular weight is 441 g/mol. The van der Waals surface area contributed by atoms with E-state index in [1.54, 1.807) is 31.2 Å². The van der Waals surface area contributed by atoms with Crippen molar-refractivity contribution in [3.05, 3.63) is 105 Å². The number of benzene rings is 2. The Hall–Kier alpha value is -3.93. The minimum absolute atomic E-state index is 0.0674. The zero-order chi connectivity index (χ0) is 22.9. The van der Waals surface area contributed by atoms with Gasteiger partial charge in [0, 0.05) is 29.0 Å². The minimum atomic E-state index is -0.835. The molecule has 3 aromatic rings. The van der Waals surface area contributed by atoms with Gasteiger partial charge in [-0.05, 0) is 37.5 Å². The third-order valence-corrected chi connectivity index (χ3v) is 6.23. The molecule has 6 heteroatoms. The summed E-state index contributed by atoms with van der Waals surface area (Å²) in [6.45, 7) is 1.87. The highest BCUT2D eigenvalue weighted by Gasteiger charge is 2.40. The fourth-order valence-electron chi connectivity index (χ4n) is 4.66. The average Bonchev–Trinajstić information content (AvgIpc) is 2.83. The predicted octanol–water partition coefficient (Wildman–Crippen LogP) is 4.50. The molecule has 2 aliphatic rings. The van der Waals surface area contributed by atoms with Crippen molar-refractivity contribution in [2.45, 2.75) is 38.7 Å². The van der Waals surface area contributed by atoms with Crippen molar-refractivity contribution in [3.8, 4) is 0 Å². The van der Waals surface area contributed by atoms with Gasteiger partial charge < -0.3 is 14.5 Å². The van der Waals surface area contributed by atoms with E-state index in [0.717, 1.165) is 17.7 Å². The van der Waals surface area contributed by atoms with Crippen LogP contribution in [0.1, 0.15) is 43.2 Å². The van der Waals surface area contributed by atoms with E-state index in [0.29, 0.717) is 35.1 Å². The number of ketones is 1. The molecule has 6 nitrogen and oxygen atoms in total. The lowest BCUT2D eigenvalue weighted by molar-refractivity contribution is -0.140. The first kappa shape index (κ1) is 20.9. The molecule has 0 spiro atoms. The van der Waals surface area contributed by atoms with Crippen LogP contribution in [0.3, 0.4) is 0 Å². The Morgan fingerprint density at radius 1 is 1.06 bits per heavy atom. The molecule has 1 N–H and O–H groups in total. The maximum atomic E-state index is 13.5. The van der Waals surface area contributed by atoms with E-state index in [9.17, 15) is 14.4 Å². The van der Waals surface area contributed by atoms with E-state index in [1.807, 2.05) is 30.3 Å². The first-order valence-electron chi connectivity index (χ1n) is 11.0. The molecule has 0 radical (unpaired) electrons. The van der Waals surface area contributed by atoms with Crippen molar-refractivity contribution in [2.75, 3.05) is 0 Å². The van der Waals surface area contributed by atoms with E-state index in [2.05, 4.69) is 5.32 Å². The largest absolute Gasteiger partial charge is 0.464 e. The highest BCUT2D eigenvalue weighted by atomic mass is 16.5. The van der Waals surface area contributed by atoms with E-state index in [-0.39, 0.29) is 29.0 Å². The number of carbonyl (C=O) groups excluding carboxylic acids is 2. The maximum Gasteiger partial charge on any atom is 0.337 e. The van der Waals surface area contributed by atoms with Crippen LogP contribution in [0.25, 0.3) is 11.0 Å². The van der Waals surface area contributed by atoms with E-state index >= 15 is 0 Å². The van der Waals surface area contributed by atoms with Gasteiger partial charge in [-0.2, -0.15) is 0 Å². The minimum Gasteiger partial charge on any atom is -0.464 e. The van der Waals surface area contributed by atoms with Gasteiger partial charge in [0.15, 0.2) is 11.2 Å². The lowest BCUT2D eigenvalue weighted by Gasteiger charge is -2.33. The number of hydrogen-bond acceptors (Lipinski definition) is 6. The van der Waals surface area contributed by atoms with Crippen molar-refractivity contribution in [3.63, 3.8) is 0 Å². The summed E-state index contributed by atoms with van der Waals surface area (Å²) < 4.78 is 11.4. The summed E-state index contributed by atoms with van der Waals surface area (Å²) in [5.41, 5.74) is 3.39. The lowest BCUT2D eigenvalue weighted by atomic mass is 9.75. The molecular weight excluding hydrogens is 418 g/mol. The molecule has 1 unspecified atom stereocenters. The number of Topliss-reactive ketones (excluding diaryl/α,β-unsaturated/α-hetero) is 1. The first-order valence-corrected chi connectivity index (χ1v) is 11.0. The highest BCUT2D eigenvalue weighted by molar-refractivity contribution is 6.04. The summed E-state index contributed by atoms with van der Waals surface area (Å²) in [4.78, 5) is 39.8. The Morgan fingerprint density at radius 2 is 1.82 bits per heavy atom. The molecule has 1 aliphatic carbocycles. The van der Waals surface area contributed by atoms with Crippen LogP contribution < -0.4 is 10.7 Å². The van der Waals surface area contributed by atoms with Crippen LogP contribution in [-0.4, -0.2) is 11.8 Å². The van der Waals surface area contributed by atoms with Crippen molar-refractivity contribution in [1.82, 2.24) is 5.32 Å². The zero-order valence-electron chi connectivity index (χ0n) is 18.2. The predicted molar refractivity (Wildman–Crippen MR) is 123 cm³/mol. The van der Waals surface area contributed by atoms with Crippen molar-refractivity contribution in [1.29, 1.82) is 0 Å². The van der Waals surface area contributed by atoms with Crippen LogP contribution in [0.15, 0.2) is 92.6 Å². The van der Waals surface area contributed by atoms with Crippen molar-refractivity contribution >= 4 is 22.7 Å². The smallest absolute Gasteiger partial charge is 0.337 e. The van der Waals surface area contributed by atoms with Gasteiger partial charge in [-0.1, -0.05) is 42.5 Å². The molecule has 33 heavy (non-hydrogen) atoms. The number of ether oxygens (including phenoxy) is 1. The number of esters is 1. The number of para-hydroxylation sites is 1. The molecule has 0 amide bonds. The first-order chi connectivity index (χ1) is 16.0. The molecule has 0 saturated heterocycles. The number of rotatable bonds is 4. The molecule has 1 aliphatic heterocycles. The quantitative estimate of drug-likeness (QED) is 0.600. The fourth-order valence-corrected chi connectivity index (χ4v) is 4.66. The Labute approximate surface area is 190 Å². The Bertz CT molecular complexity index is 1380. The normalized spacial score (nSPS) is 18.2. The second-order valence-corrected chi connectivity index (χ2v) is 8.34. The van der Waals surface area contributed by atoms with E-state index < -0.39 is 11.9 Å². The van der Waals surface area contributed by atoms with Gasteiger partial charge in [0.1, 0.15) is 12.2 Å². The van der Waals surface area contributed by atoms with Gasteiger partial charge in [0.25, 0.3) is 0 Å². The van der Waals surface area contributed by atoms with Crippen molar-refractivity contribution in [2.24, 2.45) is 0 Å². The molecule has 0 saturated carbocycles. The van der Waals surface area contributed by atoms with Gasteiger partial charge in [-0.25, -0.2) is 4.79 Å². The number of carbonyl (C=O) groups is 2. The number of nitrogens with one attached hydrogen (secondary N) is 1. The molecule has 2 heterocycles. The summed E-state index contributed by atoms with van der Waals surface area (Å²) in [6.07, 6.45) is 3.16. The van der Waals surface area contributed by atoms with Crippen LogP contribution >= 0.6 is 0 Å². The number of allylic oxidation sites excluding steroid dienone is 3. The molecular formula is C27H23NO5. The maximum absolute atomic E-state index is 13.5. The fraction of sp³-hybridized carbons (Fsp3) is 0.222. The number of fused-ring (bicyclic) bond motifs is 1. The summed E-state index contributed by atoms with van der Waals surface area (Å²) >= 11 is 0. The van der Waals surface area contributed by atoms with Crippen LogP contribution in [0, 0.1) is 0 Å². The molecule has 1 atom stereocenters. The van der Waals surface area contributed by atoms with Crippen LogP contribution in [0.2, 0.25) is 0 Å². The molecule has 2 aromatic carbocycles. The second-order valence-electron chi connectivity index (χ2n) is 8.34.